The number of hydrogen-bond donors (Lipinski definition) is 1. The lowest BCUT2D eigenvalue weighted by atomic mass is 9.93. The molecule has 1 aliphatic rings. The summed E-state index contributed by atoms with van der Waals surface area (Å²) < 4.78 is 1.21. The molecule has 0 unspecified atom stereocenters. The average Bonchev–Trinajstić information content (AvgIpc) is 2.43. The zero-order chi connectivity index (χ0) is 13.7. The molecule has 2 N–H and O–H groups in total. The van der Waals surface area contributed by atoms with Crippen molar-refractivity contribution in [1.29, 1.82) is 0 Å². The molecule has 19 heavy (non-hydrogen) atoms. The summed E-state index contributed by atoms with van der Waals surface area (Å²) in [5.74, 6) is 0. The Morgan fingerprint density at radius 2 is 2.00 bits per heavy atom. The van der Waals surface area contributed by atoms with Gasteiger partial charge in [-0.3, -0.25) is 0 Å². The predicted octanol–water partition coefficient (Wildman–Crippen LogP) is 4.11. The minimum Gasteiger partial charge on any atom is -0.368 e. The molecule has 2 nitrogen and oxygen atoms in total. The maximum Gasteiger partial charge on any atom is 0.0513 e. The number of nitrogens with two attached hydrogens (primary N) is 1. The SMILES string of the molecule is CCN(c1ccc(CCN)cc1Br)C1CCCCC1. The molecule has 0 spiro atoms. The minimum atomic E-state index is 0.714. The molecular formula is C16H25BrN2. The zero-order valence-corrected chi connectivity index (χ0v) is 13.5. The summed E-state index contributed by atoms with van der Waals surface area (Å²) in [6, 6.07) is 7.43. The van der Waals surface area contributed by atoms with Crippen molar-refractivity contribution in [2.24, 2.45) is 5.73 Å². The summed E-state index contributed by atoms with van der Waals surface area (Å²) in [7, 11) is 0. The van der Waals surface area contributed by atoms with Gasteiger partial charge in [0.1, 0.15) is 0 Å². The van der Waals surface area contributed by atoms with Gasteiger partial charge in [0.25, 0.3) is 0 Å². The second kappa shape index (κ2) is 7.30. The van der Waals surface area contributed by atoms with E-state index >= 15 is 0 Å². The first-order valence-electron chi connectivity index (χ1n) is 7.51. The van der Waals surface area contributed by atoms with Crippen LogP contribution in [0.3, 0.4) is 0 Å². The molecule has 1 fully saturated rings. The second-order valence-corrected chi connectivity index (χ2v) is 6.26. The van der Waals surface area contributed by atoms with E-state index in [0.29, 0.717) is 6.54 Å². The molecule has 0 atom stereocenters. The highest BCUT2D eigenvalue weighted by molar-refractivity contribution is 9.10. The molecule has 1 saturated carbocycles. The van der Waals surface area contributed by atoms with Gasteiger partial charge in [-0.1, -0.05) is 25.3 Å². The van der Waals surface area contributed by atoms with E-state index in [-0.39, 0.29) is 0 Å². The molecule has 0 aliphatic heterocycles. The van der Waals surface area contributed by atoms with Crippen LogP contribution in [0.25, 0.3) is 0 Å². The summed E-state index contributed by atoms with van der Waals surface area (Å²) in [5, 5.41) is 0. The average molecular weight is 325 g/mol. The highest BCUT2D eigenvalue weighted by Gasteiger charge is 2.21. The van der Waals surface area contributed by atoms with Gasteiger partial charge in [-0.05, 0) is 66.4 Å². The number of nitrogens with zero attached hydrogens (tertiary/aromatic N) is 1. The van der Waals surface area contributed by atoms with Gasteiger partial charge in [0.15, 0.2) is 0 Å². The van der Waals surface area contributed by atoms with Gasteiger partial charge in [0, 0.05) is 17.1 Å². The number of rotatable bonds is 5. The third-order valence-electron chi connectivity index (χ3n) is 4.11. The minimum absolute atomic E-state index is 0.714. The normalized spacial score (nSPS) is 16.6. The molecular weight excluding hydrogens is 300 g/mol. The van der Waals surface area contributed by atoms with E-state index in [0.717, 1.165) is 19.0 Å². The smallest absolute Gasteiger partial charge is 0.0513 e. The van der Waals surface area contributed by atoms with Crippen LogP contribution in [0.5, 0.6) is 0 Å². The molecule has 106 valence electrons. The van der Waals surface area contributed by atoms with E-state index < -0.39 is 0 Å². The van der Waals surface area contributed by atoms with Crippen LogP contribution in [0.15, 0.2) is 22.7 Å². The predicted molar refractivity (Wildman–Crippen MR) is 86.8 cm³/mol. The van der Waals surface area contributed by atoms with Crippen molar-refractivity contribution in [2.75, 3.05) is 18.0 Å². The van der Waals surface area contributed by atoms with Crippen molar-refractivity contribution < 1.29 is 0 Å². The van der Waals surface area contributed by atoms with Gasteiger partial charge in [-0.25, -0.2) is 0 Å². The summed E-state index contributed by atoms with van der Waals surface area (Å²) in [4.78, 5) is 2.56. The Bertz CT molecular complexity index is 400. The Kier molecular flexibility index (Phi) is 5.71. The van der Waals surface area contributed by atoms with E-state index in [1.165, 1.54) is 47.8 Å². The number of benzene rings is 1. The van der Waals surface area contributed by atoms with Crippen LogP contribution in [-0.4, -0.2) is 19.1 Å². The fourth-order valence-electron chi connectivity index (χ4n) is 3.12. The van der Waals surface area contributed by atoms with Crippen LogP contribution in [0, 0.1) is 0 Å². The van der Waals surface area contributed by atoms with E-state index in [2.05, 4.69) is 46.0 Å². The summed E-state index contributed by atoms with van der Waals surface area (Å²) in [5.41, 5.74) is 8.29. The lowest BCUT2D eigenvalue weighted by molar-refractivity contribution is 0.418. The molecule has 0 radical (unpaired) electrons. The van der Waals surface area contributed by atoms with Crippen molar-refractivity contribution in [3.05, 3.63) is 28.2 Å². The molecule has 1 aliphatic carbocycles. The van der Waals surface area contributed by atoms with Crippen LogP contribution in [0.1, 0.15) is 44.6 Å². The lowest BCUT2D eigenvalue weighted by Crippen LogP contribution is -2.36. The van der Waals surface area contributed by atoms with Crippen molar-refractivity contribution >= 4 is 21.6 Å². The Morgan fingerprint density at radius 1 is 1.26 bits per heavy atom. The maximum atomic E-state index is 5.63. The molecule has 1 aromatic rings. The molecule has 0 bridgehead atoms. The lowest BCUT2D eigenvalue weighted by Gasteiger charge is -2.36. The van der Waals surface area contributed by atoms with Crippen molar-refractivity contribution in [1.82, 2.24) is 0 Å². The zero-order valence-electron chi connectivity index (χ0n) is 11.9. The second-order valence-electron chi connectivity index (χ2n) is 5.40. The monoisotopic (exact) mass is 324 g/mol. The molecule has 3 heteroatoms. The molecule has 2 rings (SSSR count). The first-order valence-corrected chi connectivity index (χ1v) is 8.30. The van der Waals surface area contributed by atoms with Crippen molar-refractivity contribution in [3.8, 4) is 0 Å². The van der Waals surface area contributed by atoms with Gasteiger partial charge >= 0.3 is 0 Å². The summed E-state index contributed by atoms with van der Waals surface area (Å²) in [6.07, 6.45) is 7.79. The number of halogens is 1. The van der Waals surface area contributed by atoms with Gasteiger partial charge in [-0.2, -0.15) is 0 Å². The van der Waals surface area contributed by atoms with E-state index in [4.69, 9.17) is 5.73 Å². The third-order valence-corrected chi connectivity index (χ3v) is 4.75. The Balaban J connectivity index is 2.17. The number of hydrogen-bond acceptors (Lipinski definition) is 2. The first-order chi connectivity index (χ1) is 9.26. The quantitative estimate of drug-likeness (QED) is 0.883. The standard InChI is InChI=1S/C16H25BrN2/c1-2-19(14-6-4-3-5-7-14)16-9-8-13(10-11-18)12-15(16)17/h8-9,12,14H,2-7,10-11,18H2,1H3. The van der Waals surface area contributed by atoms with Gasteiger partial charge in [0.05, 0.1) is 5.69 Å². The van der Waals surface area contributed by atoms with Crippen molar-refractivity contribution in [2.45, 2.75) is 51.5 Å². The number of anilines is 1. The van der Waals surface area contributed by atoms with E-state index in [1.54, 1.807) is 0 Å². The van der Waals surface area contributed by atoms with Crippen LogP contribution < -0.4 is 10.6 Å². The van der Waals surface area contributed by atoms with Crippen molar-refractivity contribution in [3.63, 3.8) is 0 Å². The van der Waals surface area contributed by atoms with E-state index in [1.807, 2.05) is 0 Å². The fourth-order valence-corrected chi connectivity index (χ4v) is 3.78. The van der Waals surface area contributed by atoms with Crippen LogP contribution in [-0.2, 0) is 6.42 Å². The fraction of sp³-hybridized carbons (Fsp3) is 0.625. The third kappa shape index (κ3) is 3.73. The van der Waals surface area contributed by atoms with Crippen LogP contribution in [0.2, 0.25) is 0 Å². The summed E-state index contributed by atoms with van der Waals surface area (Å²) in [6.45, 7) is 4.06. The topological polar surface area (TPSA) is 29.3 Å². The van der Waals surface area contributed by atoms with Crippen LogP contribution in [0.4, 0.5) is 5.69 Å². The molecule has 1 aromatic carbocycles. The van der Waals surface area contributed by atoms with Gasteiger partial charge in [-0.15, -0.1) is 0 Å². The summed E-state index contributed by atoms with van der Waals surface area (Å²) >= 11 is 3.74. The molecule has 0 heterocycles. The molecule has 0 aromatic heterocycles. The highest BCUT2D eigenvalue weighted by atomic mass is 79.9. The largest absolute Gasteiger partial charge is 0.368 e. The highest BCUT2D eigenvalue weighted by Crippen LogP contribution is 2.33. The van der Waals surface area contributed by atoms with E-state index in [9.17, 15) is 0 Å². The Morgan fingerprint density at radius 3 is 2.58 bits per heavy atom. The van der Waals surface area contributed by atoms with Crippen LogP contribution >= 0.6 is 15.9 Å². The Labute approximate surface area is 125 Å². The van der Waals surface area contributed by atoms with Gasteiger partial charge < -0.3 is 10.6 Å². The Hall–Kier alpha value is -0.540. The molecule has 0 saturated heterocycles. The molecule has 0 amide bonds. The van der Waals surface area contributed by atoms with Gasteiger partial charge in [0.2, 0.25) is 0 Å². The maximum absolute atomic E-state index is 5.63. The first kappa shape index (κ1) is 14.9.